The fourth-order valence-corrected chi connectivity index (χ4v) is 2.02. The summed E-state index contributed by atoms with van der Waals surface area (Å²) >= 11 is 0. The molecule has 0 spiro atoms. The molecule has 0 heterocycles. The zero-order valence-electron chi connectivity index (χ0n) is 10.9. The molecule has 0 aliphatic heterocycles. The van der Waals surface area contributed by atoms with Crippen LogP contribution in [-0.4, -0.2) is 73.9 Å². The van der Waals surface area contributed by atoms with Crippen molar-refractivity contribution in [2.75, 3.05) is 46.8 Å². The fourth-order valence-electron chi connectivity index (χ4n) is 2.02. The van der Waals surface area contributed by atoms with Crippen molar-refractivity contribution in [1.29, 1.82) is 0 Å². The summed E-state index contributed by atoms with van der Waals surface area (Å²) in [6, 6.07) is 0.846. The van der Waals surface area contributed by atoms with Crippen molar-refractivity contribution in [3.05, 3.63) is 0 Å². The van der Waals surface area contributed by atoms with Gasteiger partial charge in [0.2, 0.25) is 0 Å². The number of aliphatic hydroxyl groups is 1. The van der Waals surface area contributed by atoms with Crippen molar-refractivity contribution >= 4 is 0 Å². The summed E-state index contributed by atoms with van der Waals surface area (Å²) in [5, 5.41) is 13.0. The van der Waals surface area contributed by atoms with E-state index in [1.165, 1.54) is 12.8 Å². The molecule has 1 aliphatic carbocycles. The van der Waals surface area contributed by atoms with Gasteiger partial charge in [-0.2, -0.15) is 0 Å². The first-order valence-corrected chi connectivity index (χ1v) is 6.41. The highest BCUT2D eigenvalue weighted by Gasteiger charge is 2.26. The van der Waals surface area contributed by atoms with Crippen LogP contribution in [0.2, 0.25) is 0 Å². The van der Waals surface area contributed by atoms with Crippen LogP contribution in [0.4, 0.5) is 0 Å². The summed E-state index contributed by atoms with van der Waals surface area (Å²) in [5.74, 6) is 0. The minimum absolute atomic E-state index is 0.258. The van der Waals surface area contributed by atoms with Crippen molar-refractivity contribution in [1.82, 2.24) is 15.1 Å². The summed E-state index contributed by atoms with van der Waals surface area (Å²) in [4.78, 5) is 4.53. The van der Waals surface area contributed by atoms with Crippen LogP contribution in [0.5, 0.6) is 0 Å². The molecule has 96 valence electrons. The van der Waals surface area contributed by atoms with Gasteiger partial charge in [-0.15, -0.1) is 0 Å². The van der Waals surface area contributed by atoms with Gasteiger partial charge in [0.25, 0.3) is 0 Å². The van der Waals surface area contributed by atoms with Gasteiger partial charge in [-0.25, -0.2) is 0 Å². The molecule has 4 nitrogen and oxygen atoms in total. The molecule has 0 aromatic heterocycles. The van der Waals surface area contributed by atoms with E-state index in [1.54, 1.807) is 0 Å². The minimum Gasteiger partial charge on any atom is -0.390 e. The predicted octanol–water partition coefficient (Wildman–Crippen LogP) is -0.0172. The van der Waals surface area contributed by atoms with Gasteiger partial charge in [0.1, 0.15) is 0 Å². The lowest BCUT2D eigenvalue weighted by molar-refractivity contribution is 0.133. The Hall–Kier alpha value is -0.160. The van der Waals surface area contributed by atoms with Gasteiger partial charge in [-0.05, 0) is 33.5 Å². The third kappa shape index (κ3) is 5.80. The summed E-state index contributed by atoms with van der Waals surface area (Å²) in [7, 11) is 3.96. The SMILES string of the molecule is CCN(CCNCC(O)CN(C)C)C1CC1. The zero-order valence-corrected chi connectivity index (χ0v) is 10.9. The van der Waals surface area contributed by atoms with Crippen LogP contribution >= 0.6 is 0 Å². The van der Waals surface area contributed by atoms with E-state index in [1.807, 2.05) is 19.0 Å². The highest BCUT2D eigenvalue weighted by atomic mass is 16.3. The number of nitrogens with one attached hydrogen (secondary N) is 1. The second-order valence-corrected chi connectivity index (χ2v) is 4.98. The molecule has 1 atom stereocenters. The molecule has 4 heteroatoms. The lowest BCUT2D eigenvalue weighted by atomic mass is 10.3. The Bertz CT molecular complexity index is 183. The van der Waals surface area contributed by atoms with Crippen molar-refractivity contribution in [2.24, 2.45) is 0 Å². The van der Waals surface area contributed by atoms with Crippen molar-refractivity contribution < 1.29 is 5.11 Å². The van der Waals surface area contributed by atoms with Gasteiger partial charge in [0.05, 0.1) is 6.10 Å². The molecule has 0 saturated heterocycles. The molecular weight excluding hydrogens is 202 g/mol. The molecule has 2 N–H and O–H groups in total. The molecule has 1 rings (SSSR count). The van der Waals surface area contributed by atoms with Crippen molar-refractivity contribution in [3.8, 4) is 0 Å². The molecule has 1 saturated carbocycles. The summed E-state index contributed by atoms with van der Waals surface area (Å²) < 4.78 is 0. The van der Waals surface area contributed by atoms with Gasteiger partial charge in [0.15, 0.2) is 0 Å². The van der Waals surface area contributed by atoms with Crippen LogP contribution in [0, 0.1) is 0 Å². The molecule has 1 fully saturated rings. The first-order chi connectivity index (χ1) is 7.63. The van der Waals surface area contributed by atoms with Gasteiger partial charge in [0, 0.05) is 32.2 Å². The summed E-state index contributed by atoms with van der Waals surface area (Å²) in [6.07, 6.45) is 2.49. The molecule has 16 heavy (non-hydrogen) atoms. The lowest BCUT2D eigenvalue weighted by Gasteiger charge is -2.21. The quantitative estimate of drug-likeness (QED) is 0.545. The van der Waals surface area contributed by atoms with E-state index in [-0.39, 0.29) is 6.10 Å². The van der Waals surface area contributed by atoms with E-state index in [0.29, 0.717) is 6.54 Å². The van der Waals surface area contributed by atoms with E-state index in [0.717, 1.165) is 32.2 Å². The molecule has 0 amide bonds. The Morgan fingerprint density at radius 3 is 2.56 bits per heavy atom. The maximum Gasteiger partial charge on any atom is 0.0791 e. The van der Waals surface area contributed by atoms with E-state index >= 15 is 0 Å². The number of hydrogen-bond donors (Lipinski definition) is 2. The monoisotopic (exact) mass is 229 g/mol. The van der Waals surface area contributed by atoms with Crippen LogP contribution in [0.15, 0.2) is 0 Å². The topological polar surface area (TPSA) is 38.7 Å². The van der Waals surface area contributed by atoms with Gasteiger partial charge in [-0.1, -0.05) is 6.92 Å². The van der Waals surface area contributed by atoms with E-state index < -0.39 is 0 Å². The second-order valence-electron chi connectivity index (χ2n) is 4.98. The average Bonchev–Trinajstić information content (AvgIpc) is 3.00. The van der Waals surface area contributed by atoms with E-state index in [4.69, 9.17) is 0 Å². The highest BCUT2D eigenvalue weighted by molar-refractivity contribution is 4.84. The van der Waals surface area contributed by atoms with Crippen LogP contribution in [0.3, 0.4) is 0 Å². The number of rotatable bonds is 9. The molecular formula is C12H27N3O. The first kappa shape index (κ1) is 13.9. The third-order valence-electron chi connectivity index (χ3n) is 3.00. The van der Waals surface area contributed by atoms with E-state index in [9.17, 15) is 5.11 Å². The van der Waals surface area contributed by atoms with E-state index in [2.05, 4.69) is 17.1 Å². The molecule has 0 aromatic rings. The Morgan fingerprint density at radius 1 is 1.38 bits per heavy atom. The zero-order chi connectivity index (χ0) is 12.0. The number of likely N-dealkylation sites (N-methyl/N-ethyl adjacent to an activating group) is 2. The van der Waals surface area contributed by atoms with Crippen LogP contribution in [0.1, 0.15) is 19.8 Å². The third-order valence-corrected chi connectivity index (χ3v) is 3.00. The Balaban J connectivity index is 1.97. The maximum atomic E-state index is 9.65. The van der Waals surface area contributed by atoms with Gasteiger partial charge < -0.3 is 15.3 Å². The van der Waals surface area contributed by atoms with Crippen molar-refractivity contribution in [3.63, 3.8) is 0 Å². The molecule has 1 aliphatic rings. The number of nitrogens with zero attached hydrogens (tertiary/aromatic N) is 2. The fraction of sp³-hybridized carbons (Fsp3) is 1.00. The van der Waals surface area contributed by atoms with Crippen LogP contribution < -0.4 is 5.32 Å². The first-order valence-electron chi connectivity index (χ1n) is 6.41. The molecule has 0 radical (unpaired) electrons. The Morgan fingerprint density at radius 2 is 2.06 bits per heavy atom. The summed E-state index contributed by atoms with van der Waals surface area (Å²) in [6.45, 7) is 6.88. The van der Waals surface area contributed by atoms with Gasteiger partial charge >= 0.3 is 0 Å². The predicted molar refractivity (Wildman–Crippen MR) is 67.7 cm³/mol. The molecule has 1 unspecified atom stereocenters. The highest BCUT2D eigenvalue weighted by Crippen LogP contribution is 2.25. The standard InChI is InChI=1S/C12H27N3O/c1-4-15(11-5-6-11)8-7-13-9-12(16)10-14(2)3/h11-13,16H,4-10H2,1-3H3. The number of hydrogen-bond acceptors (Lipinski definition) is 4. The largest absolute Gasteiger partial charge is 0.390 e. The Kier molecular flexibility index (Phi) is 6.28. The second kappa shape index (κ2) is 7.22. The Labute approximate surface area is 99.6 Å². The summed E-state index contributed by atoms with van der Waals surface area (Å²) in [5.41, 5.74) is 0. The number of aliphatic hydroxyl groups excluding tert-OH is 1. The minimum atomic E-state index is -0.258. The smallest absolute Gasteiger partial charge is 0.0791 e. The van der Waals surface area contributed by atoms with Gasteiger partial charge in [-0.3, -0.25) is 4.90 Å². The average molecular weight is 229 g/mol. The van der Waals surface area contributed by atoms with Crippen LogP contribution in [-0.2, 0) is 0 Å². The normalized spacial score (nSPS) is 18.4. The van der Waals surface area contributed by atoms with Crippen molar-refractivity contribution in [2.45, 2.75) is 31.9 Å². The maximum absolute atomic E-state index is 9.65. The lowest BCUT2D eigenvalue weighted by Crippen LogP contribution is -2.39. The molecule has 0 bridgehead atoms. The molecule has 0 aromatic carbocycles. The van der Waals surface area contributed by atoms with Crippen LogP contribution in [0.25, 0.3) is 0 Å².